The Bertz CT molecular complexity index is 1160. The molecule has 0 N–H and O–H groups in total. The van der Waals surface area contributed by atoms with Gasteiger partial charge in [-0.25, -0.2) is 4.68 Å². The quantitative estimate of drug-likeness (QED) is 0.319. The average Bonchev–Trinajstić information content (AvgIpc) is 2.99. The SMILES string of the molecule is CCCCn1nc(C)c(C(=O)c2ccc(Cl)c(C(C)=C(C)C)c2C)c1OS(=O)(=O)C(C)C. The molecule has 0 unspecified atom stereocenters. The Morgan fingerprint density at radius 2 is 1.78 bits per heavy atom. The zero-order valence-corrected chi connectivity index (χ0v) is 21.7. The summed E-state index contributed by atoms with van der Waals surface area (Å²) >= 11 is 6.47. The van der Waals surface area contributed by atoms with Crippen molar-refractivity contribution in [2.75, 3.05) is 0 Å². The molecule has 0 saturated heterocycles. The second kappa shape index (κ2) is 10.2. The van der Waals surface area contributed by atoms with Crippen molar-refractivity contribution in [2.45, 2.75) is 80.0 Å². The largest absolute Gasteiger partial charge is 0.361 e. The molecular weight excluding hydrogens is 448 g/mol. The Kier molecular flexibility index (Phi) is 8.34. The topological polar surface area (TPSA) is 78.3 Å². The predicted molar refractivity (Wildman–Crippen MR) is 130 cm³/mol. The van der Waals surface area contributed by atoms with E-state index in [1.807, 2.05) is 34.6 Å². The number of rotatable bonds is 9. The second-order valence-corrected chi connectivity index (χ2v) is 11.0. The Hall–Kier alpha value is -2.12. The zero-order valence-electron chi connectivity index (χ0n) is 20.2. The molecule has 0 spiro atoms. The van der Waals surface area contributed by atoms with Crippen LogP contribution in [0.4, 0.5) is 0 Å². The number of aryl methyl sites for hydroxylation is 2. The molecule has 2 aromatic rings. The molecule has 0 bridgehead atoms. The van der Waals surface area contributed by atoms with Crippen molar-refractivity contribution in [3.8, 4) is 5.88 Å². The molecule has 176 valence electrons. The summed E-state index contributed by atoms with van der Waals surface area (Å²) < 4.78 is 32.1. The highest BCUT2D eigenvalue weighted by Gasteiger charge is 2.30. The summed E-state index contributed by atoms with van der Waals surface area (Å²) in [4.78, 5) is 13.7. The molecule has 2 rings (SSSR count). The van der Waals surface area contributed by atoms with Crippen LogP contribution in [0.25, 0.3) is 5.57 Å². The second-order valence-electron chi connectivity index (χ2n) is 8.52. The summed E-state index contributed by atoms with van der Waals surface area (Å²) in [6.45, 7) is 15.0. The number of hydrogen-bond donors (Lipinski definition) is 0. The molecule has 0 radical (unpaired) electrons. The first-order chi connectivity index (χ1) is 14.8. The summed E-state index contributed by atoms with van der Waals surface area (Å²) in [5.74, 6) is -0.360. The van der Waals surface area contributed by atoms with Crippen LogP contribution in [0.3, 0.4) is 0 Å². The van der Waals surface area contributed by atoms with E-state index < -0.39 is 15.4 Å². The molecule has 1 heterocycles. The van der Waals surface area contributed by atoms with Gasteiger partial charge >= 0.3 is 10.1 Å². The predicted octanol–water partition coefficient (Wildman–Crippen LogP) is 6.11. The summed E-state index contributed by atoms with van der Waals surface area (Å²) in [7, 11) is -3.91. The number of carbonyl (C=O) groups excluding carboxylic acids is 1. The molecule has 8 heteroatoms. The van der Waals surface area contributed by atoms with Crippen LogP contribution < -0.4 is 4.18 Å². The molecule has 0 saturated carbocycles. The van der Waals surface area contributed by atoms with Crippen LogP contribution in [0, 0.1) is 13.8 Å². The van der Waals surface area contributed by atoms with E-state index in [4.69, 9.17) is 15.8 Å². The van der Waals surface area contributed by atoms with Crippen LogP contribution in [0.15, 0.2) is 17.7 Å². The number of allylic oxidation sites excluding steroid dienone is 2. The van der Waals surface area contributed by atoms with E-state index in [1.165, 1.54) is 18.5 Å². The van der Waals surface area contributed by atoms with E-state index in [2.05, 4.69) is 5.10 Å². The molecule has 0 aliphatic carbocycles. The smallest absolute Gasteiger partial charge is 0.313 e. The van der Waals surface area contributed by atoms with Gasteiger partial charge in [-0.05, 0) is 83.7 Å². The molecule has 0 aliphatic rings. The van der Waals surface area contributed by atoms with Gasteiger partial charge in [-0.2, -0.15) is 13.5 Å². The molecule has 1 aromatic heterocycles. The monoisotopic (exact) mass is 480 g/mol. The number of carbonyl (C=O) groups is 1. The standard InChI is InChI=1S/C24H33ClN2O4S/c1-9-10-13-27-24(31-32(29,30)15(4)5)22(18(8)26-27)23(28)19-11-12-20(25)21(17(19)7)16(6)14(2)3/h11-12,15H,9-10,13H2,1-8H3. The van der Waals surface area contributed by atoms with E-state index in [0.29, 0.717) is 22.8 Å². The van der Waals surface area contributed by atoms with E-state index >= 15 is 0 Å². The lowest BCUT2D eigenvalue weighted by molar-refractivity contribution is 0.103. The van der Waals surface area contributed by atoms with Crippen LogP contribution in [0.5, 0.6) is 5.88 Å². The minimum absolute atomic E-state index is 0.0236. The Labute approximate surface area is 196 Å². The molecule has 1 aromatic carbocycles. The highest BCUT2D eigenvalue weighted by atomic mass is 35.5. The average molecular weight is 481 g/mol. The van der Waals surface area contributed by atoms with Gasteiger partial charge < -0.3 is 4.18 Å². The fraction of sp³-hybridized carbons (Fsp3) is 0.500. The van der Waals surface area contributed by atoms with Crippen LogP contribution in [-0.2, 0) is 16.7 Å². The van der Waals surface area contributed by atoms with Gasteiger partial charge in [0.2, 0.25) is 11.7 Å². The van der Waals surface area contributed by atoms with Gasteiger partial charge in [0, 0.05) is 17.1 Å². The van der Waals surface area contributed by atoms with Crippen molar-refractivity contribution in [3.63, 3.8) is 0 Å². The number of halogens is 1. The number of benzene rings is 1. The van der Waals surface area contributed by atoms with Crippen molar-refractivity contribution in [3.05, 3.63) is 50.7 Å². The first-order valence-electron chi connectivity index (χ1n) is 10.8. The molecule has 0 fully saturated rings. The molecule has 0 aliphatic heterocycles. The van der Waals surface area contributed by atoms with Gasteiger partial charge in [-0.15, -0.1) is 0 Å². The molecule has 32 heavy (non-hydrogen) atoms. The first-order valence-corrected chi connectivity index (χ1v) is 12.7. The maximum absolute atomic E-state index is 13.7. The lowest BCUT2D eigenvalue weighted by Gasteiger charge is -2.16. The summed E-state index contributed by atoms with van der Waals surface area (Å²) in [6, 6.07) is 3.37. The van der Waals surface area contributed by atoms with Gasteiger partial charge in [-0.3, -0.25) is 4.79 Å². The zero-order chi connectivity index (χ0) is 24.4. The minimum atomic E-state index is -3.91. The van der Waals surface area contributed by atoms with E-state index in [1.54, 1.807) is 19.1 Å². The maximum atomic E-state index is 13.7. The third-order valence-electron chi connectivity index (χ3n) is 5.59. The molecular formula is C24H33ClN2O4S. The summed E-state index contributed by atoms with van der Waals surface area (Å²) in [6.07, 6.45) is 1.66. The van der Waals surface area contributed by atoms with Gasteiger partial charge in [-0.1, -0.05) is 30.5 Å². The van der Waals surface area contributed by atoms with Crippen LogP contribution in [0.1, 0.15) is 87.1 Å². The Morgan fingerprint density at radius 1 is 1.16 bits per heavy atom. The van der Waals surface area contributed by atoms with Crippen LogP contribution in [-0.4, -0.2) is 29.2 Å². The molecule has 0 amide bonds. The third kappa shape index (κ3) is 5.26. The van der Waals surface area contributed by atoms with Gasteiger partial charge in [0.1, 0.15) is 5.56 Å². The van der Waals surface area contributed by atoms with E-state index in [-0.39, 0.29) is 17.2 Å². The minimum Gasteiger partial charge on any atom is -0.361 e. The highest BCUT2D eigenvalue weighted by molar-refractivity contribution is 7.87. The third-order valence-corrected chi connectivity index (χ3v) is 7.45. The van der Waals surface area contributed by atoms with Crippen LogP contribution >= 0.6 is 11.6 Å². The molecule has 0 atom stereocenters. The fourth-order valence-electron chi connectivity index (χ4n) is 3.34. The maximum Gasteiger partial charge on any atom is 0.313 e. The Balaban J connectivity index is 2.73. The van der Waals surface area contributed by atoms with Crippen molar-refractivity contribution in [1.82, 2.24) is 9.78 Å². The van der Waals surface area contributed by atoms with Crippen molar-refractivity contribution in [2.24, 2.45) is 0 Å². The van der Waals surface area contributed by atoms with Crippen LogP contribution in [0.2, 0.25) is 5.02 Å². The summed E-state index contributed by atoms with van der Waals surface area (Å²) in [5, 5.41) is 4.24. The summed E-state index contributed by atoms with van der Waals surface area (Å²) in [5.41, 5.74) is 4.67. The van der Waals surface area contributed by atoms with Crippen molar-refractivity contribution < 1.29 is 17.4 Å². The molecule has 6 nitrogen and oxygen atoms in total. The lowest BCUT2D eigenvalue weighted by Crippen LogP contribution is -2.23. The number of ketones is 1. The van der Waals surface area contributed by atoms with Gasteiger partial charge in [0.25, 0.3) is 0 Å². The van der Waals surface area contributed by atoms with Gasteiger partial charge in [0.15, 0.2) is 0 Å². The first kappa shape index (κ1) is 26.1. The number of nitrogens with zero attached hydrogens (tertiary/aromatic N) is 2. The number of unbranched alkanes of at least 4 members (excludes halogenated alkanes) is 1. The number of aromatic nitrogens is 2. The fourth-order valence-corrected chi connectivity index (χ4v) is 4.27. The normalized spacial score (nSPS) is 11.7. The lowest BCUT2D eigenvalue weighted by atomic mass is 9.91. The Morgan fingerprint density at radius 3 is 2.31 bits per heavy atom. The highest BCUT2D eigenvalue weighted by Crippen LogP contribution is 2.34. The van der Waals surface area contributed by atoms with Crippen molar-refractivity contribution >= 4 is 33.1 Å². The van der Waals surface area contributed by atoms with E-state index in [0.717, 1.165) is 35.1 Å². The number of hydrogen-bond acceptors (Lipinski definition) is 5. The van der Waals surface area contributed by atoms with Gasteiger partial charge in [0.05, 0.1) is 10.9 Å². The van der Waals surface area contributed by atoms with Crippen molar-refractivity contribution in [1.29, 1.82) is 0 Å². The van der Waals surface area contributed by atoms with E-state index in [9.17, 15) is 13.2 Å².